The van der Waals surface area contributed by atoms with E-state index >= 15 is 0 Å². The first-order valence-electron chi connectivity index (χ1n) is 4.58. The fourth-order valence-corrected chi connectivity index (χ4v) is 2.34. The molecule has 1 aromatic carbocycles. The zero-order chi connectivity index (χ0) is 13.1. The molecule has 0 unspecified atom stereocenters. The van der Waals surface area contributed by atoms with Gasteiger partial charge < -0.3 is 16.2 Å². The van der Waals surface area contributed by atoms with Gasteiger partial charge in [-0.15, -0.1) is 0 Å². The maximum Gasteiger partial charge on any atom is 0.244 e. The SMILES string of the molecule is COc1ccc(N)cc1S(=O)(=O)NCC(N)=O. The lowest BCUT2D eigenvalue weighted by Gasteiger charge is -2.10. The van der Waals surface area contributed by atoms with Gasteiger partial charge in [0, 0.05) is 5.69 Å². The zero-order valence-electron chi connectivity index (χ0n) is 9.14. The molecular weight excluding hydrogens is 246 g/mol. The van der Waals surface area contributed by atoms with Crippen LogP contribution in [0.15, 0.2) is 23.1 Å². The molecule has 0 atom stereocenters. The van der Waals surface area contributed by atoms with E-state index in [9.17, 15) is 13.2 Å². The summed E-state index contributed by atoms with van der Waals surface area (Å²) in [5.41, 5.74) is 10.6. The fraction of sp³-hybridized carbons (Fsp3) is 0.222. The van der Waals surface area contributed by atoms with Crippen molar-refractivity contribution in [3.05, 3.63) is 18.2 Å². The van der Waals surface area contributed by atoms with Crippen molar-refractivity contribution in [2.24, 2.45) is 5.73 Å². The lowest BCUT2D eigenvalue weighted by molar-refractivity contribution is -0.116. The summed E-state index contributed by atoms with van der Waals surface area (Å²) >= 11 is 0. The number of hydrogen-bond donors (Lipinski definition) is 3. The molecule has 17 heavy (non-hydrogen) atoms. The molecule has 0 saturated carbocycles. The molecule has 0 aliphatic rings. The van der Waals surface area contributed by atoms with Gasteiger partial charge in [-0.1, -0.05) is 0 Å². The summed E-state index contributed by atoms with van der Waals surface area (Å²) in [6.45, 7) is -0.486. The van der Waals surface area contributed by atoms with Crippen LogP contribution in [-0.4, -0.2) is 28.0 Å². The van der Waals surface area contributed by atoms with Gasteiger partial charge in [-0.25, -0.2) is 13.1 Å². The number of benzene rings is 1. The lowest BCUT2D eigenvalue weighted by atomic mass is 10.3. The molecule has 0 bridgehead atoms. The second-order valence-electron chi connectivity index (χ2n) is 3.20. The first-order valence-corrected chi connectivity index (χ1v) is 6.06. The highest BCUT2D eigenvalue weighted by Crippen LogP contribution is 2.25. The third-order valence-corrected chi connectivity index (χ3v) is 3.34. The summed E-state index contributed by atoms with van der Waals surface area (Å²) < 4.78 is 30.6. The van der Waals surface area contributed by atoms with Crippen LogP contribution in [0.1, 0.15) is 0 Å². The Kier molecular flexibility index (Phi) is 3.92. The molecule has 0 aromatic heterocycles. The van der Waals surface area contributed by atoms with Gasteiger partial charge in [0.15, 0.2) is 0 Å². The first kappa shape index (κ1) is 13.3. The second kappa shape index (κ2) is 5.02. The van der Waals surface area contributed by atoms with Crippen LogP contribution < -0.4 is 20.9 Å². The smallest absolute Gasteiger partial charge is 0.244 e. The zero-order valence-corrected chi connectivity index (χ0v) is 9.95. The van der Waals surface area contributed by atoms with Crippen molar-refractivity contribution in [2.75, 3.05) is 19.4 Å². The minimum absolute atomic E-state index is 0.135. The van der Waals surface area contributed by atoms with E-state index in [-0.39, 0.29) is 16.3 Å². The minimum atomic E-state index is -3.88. The van der Waals surface area contributed by atoms with E-state index in [0.717, 1.165) is 0 Å². The van der Waals surface area contributed by atoms with Gasteiger partial charge in [0.2, 0.25) is 15.9 Å². The number of primary amides is 1. The van der Waals surface area contributed by atoms with Crippen molar-refractivity contribution in [2.45, 2.75) is 4.90 Å². The quantitative estimate of drug-likeness (QED) is 0.587. The van der Waals surface area contributed by atoms with Crippen LogP contribution in [0.5, 0.6) is 5.75 Å². The van der Waals surface area contributed by atoms with Crippen LogP contribution in [-0.2, 0) is 14.8 Å². The number of nitrogens with two attached hydrogens (primary N) is 2. The molecule has 0 heterocycles. The number of ether oxygens (including phenoxy) is 1. The number of amides is 1. The molecule has 0 aliphatic heterocycles. The third-order valence-electron chi connectivity index (χ3n) is 1.91. The van der Waals surface area contributed by atoms with Gasteiger partial charge in [-0.2, -0.15) is 0 Å². The molecule has 1 rings (SSSR count). The molecule has 0 aliphatic carbocycles. The summed E-state index contributed by atoms with van der Waals surface area (Å²) in [6, 6.07) is 4.17. The lowest BCUT2D eigenvalue weighted by Crippen LogP contribution is -2.33. The Balaban J connectivity index is 3.13. The largest absolute Gasteiger partial charge is 0.495 e. The van der Waals surface area contributed by atoms with Gasteiger partial charge in [0.05, 0.1) is 13.7 Å². The van der Waals surface area contributed by atoms with E-state index in [2.05, 4.69) is 0 Å². The molecule has 0 radical (unpaired) electrons. The van der Waals surface area contributed by atoms with E-state index in [1.807, 2.05) is 4.72 Å². The van der Waals surface area contributed by atoms with Gasteiger partial charge in [0.25, 0.3) is 0 Å². The highest BCUT2D eigenvalue weighted by molar-refractivity contribution is 7.89. The second-order valence-corrected chi connectivity index (χ2v) is 4.94. The van der Waals surface area contributed by atoms with Gasteiger partial charge in [-0.05, 0) is 18.2 Å². The Morgan fingerprint density at radius 1 is 1.47 bits per heavy atom. The van der Waals surface area contributed by atoms with Crippen molar-refractivity contribution in [1.82, 2.24) is 4.72 Å². The Morgan fingerprint density at radius 3 is 2.65 bits per heavy atom. The van der Waals surface area contributed by atoms with Crippen molar-refractivity contribution < 1.29 is 17.9 Å². The first-order chi connectivity index (χ1) is 7.86. The molecule has 5 N–H and O–H groups in total. The van der Waals surface area contributed by atoms with Crippen molar-refractivity contribution >= 4 is 21.6 Å². The highest BCUT2D eigenvalue weighted by atomic mass is 32.2. The van der Waals surface area contributed by atoms with Crippen molar-refractivity contribution in [1.29, 1.82) is 0 Å². The van der Waals surface area contributed by atoms with Crippen LogP contribution >= 0.6 is 0 Å². The van der Waals surface area contributed by atoms with E-state index in [1.54, 1.807) is 0 Å². The predicted molar refractivity (Wildman–Crippen MR) is 61.8 cm³/mol. The predicted octanol–water partition coefficient (Wildman–Crippen LogP) is -0.959. The third kappa shape index (κ3) is 3.33. The number of carbonyl (C=O) groups excluding carboxylic acids is 1. The Bertz CT molecular complexity index is 527. The minimum Gasteiger partial charge on any atom is -0.495 e. The number of methoxy groups -OCH3 is 1. The summed E-state index contributed by atoms with van der Waals surface area (Å²) in [5, 5.41) is 0. The number of carbonyl (C=O) groups is 1. The number of nitrogen functional groups attached to an aromatic ring is 1. The molecule has 0 fully saturated rings. The van der Waals surface area contributed by atoms with Crippen LogP contribution in [0.4, 0.5) is 5.69 Å². The molecule has 8 heteroatoms. The average molecular weight is 259 g/mol. The number of anilines is 1. The molecule has 94 valence electrons. The van der Waals surface area contributed by atoms with Crippen LogP contribution in [0.25, 0.3) is 0 Å². The number of sulfonamides is 1. The Hall–Kier alpha value is -1.80. The van der Waals surface area contributed by atoms with Crippen LogP contribution in [0, 0.1) is 0 Å². The normalized spacial score (nSPS) is 11.1. The molecule has 7 nitrogen and oxygen atoms in total. The Morgan fingerprint density at radius 2 is 2.12 bits per heavy atom. The van der Waals surface area contributed by atoms with Gasteiger partial charge in [0.1, 0.15) is 10.6 Å². The fourth-order valence-electron chi connectivity index (χ4n) is 1.15. The topological polar surface area (TPSA) is 125 Å². The van der Waals surface area contributed by atoms with E-state index in [4.69, 9.17) is 16.2 Å². The average Bonchev–Trinajstić information content (AvgIpc) is 2.26. The molecule has 0 spiro atoms. The van der Waals surface area contributed by atoms with E-state index in [0.29, 0.717) is 0 Å². The van der Waals surface area contributed by atoms with Gasteiger partial charge in [-0.3, -0.25) is 4.79 Å². The van der Waals surface area contributed by atoms with E-state index in [1.165, 1.54) is 25.3 Å². The van der Waals surface area contributed by atoms with E-state index < -0.39 is 22.5 Å². The highest BCUT2D eigenvalue weighted by Gasteiger charge is 2.20. The molecular formula is C9H13N3O4S. The van der Waals surface area contributed by atoms with Crippen LogP contribution in [0.2, 0.25) is 0 Å². The molecule has 0 saturated heterocycles. The standard InChI is InChI=1S/C9H13N3O4S/c1-16-7-3-2-6(10)4-8(7)17(14,15)12-5-9(11)13/h2-4,12H,5,10H2,1H3,(H2,11,13). The summed E-state index contributed by atoms with van der Waals surface area (Å²) in [5.74, 6) is -0.646. The molecule has 1 aromatic rings. The summed E-state index contributed by atoms with van der Waals surface area (Å²) in [4.78, 5) is 10.4. The maximum absolute atomic E-state index is 11.8. The summed E-state index contributed by atoms with van der Waals surface area (Å²) in [6.07, 6.45) is 0. The van der Waals surface area contributed by atoms with Crippen LogP contribution in [0.3, 0.4) is 0 Å². The Labute approximate surface area is 98.8 Å². The maximum atomic E-state index is 11.8. The number of nitrogens with one attached hydrogen (secondary N) is 1. The molecule has 1 amide bonds. The van der Waals surface area contributed by atoms with Gasteiger partial charge >= 0.3 is 0 Å². The summed E-state index contributed by atoms with van der Waals surface area (Å²) in [7, 11) is -2.54. The monoisotopic (exact) mass is 259 g/mol. The van der Waals surface area contributed by atoms with Crippen molar-refractivity contribution in [3.8, 4) is 5.75 Å². The van der Waals surface area contributed by atoms with Crippen molar-refractivity contribution in [3.63, 3.8) is 0 Å². The number of hydrogen-bond acceptors (Lipinski definition) is 5. The number of rotatable bonds is 5.